The van der Waals surface area contributed by atoms with E-state index >= 15 is 0 Å². The van der Waals surface area contributed by atoms with Crippen LogP contribution in [0.25, 0.3) is 0 Å². The number of nitrogens with two attached hydrogens (primary N) is 1. The molecule has 88 valence electrons. The monoisotopic (exact) mass is 231 g/mol. The van der Waals surface area contributed by atoms with Crippen molar-refractivity contribution in [1.82, 2.24) is 5.09 Å². The Morgan fingerprint density at radius 2 is 2.07 bits per heavy atom. The van der Waals surface area contributed by atoms with Gasteiger partial charge in [0.1, 0.15) is 13.2 Å². The summed E-state index contributed by atoms with van der Waals surface area (Å²) < 4.78 is 3.80. The Bertz CT molecular complexity index is 289. The molecule has 0 fully saturated rings. The van der Waals surface area contributed by atoms with E-state index in [9.17, 15) is 0 Å². The second-order valence-corrected chi connectivity index (χ2v) is 7.11. The fraction of sp³-hybridized carbons (Fsp3) is 0.778. The quantitative estimate of drug-likeness (QED) is 0.385. The van der Waals surface area contributed by atoms with E-state index in [-0.39, 0.29) is 5.41 Å². The van der Waals surface area contributed by atoms with Crippen LogP contribution < -0.4 is 10.8 Å². The molecule has 0 aromatic rings. The van der Waals surface area contributed by atoms with Crippen LogP contribution in [0.3, 0.4) is 0 Å². The van der Waals surface area contributed by atoms with E-state index in [1.54, 1.807) is 0 Å². The van der Waals surface area contributed by atoms with Crippen LogP contribution in [0.5, 0.6) is 0 Å². The van der Waals surface area contributed by atoms with Gasteiger partial charge >= 0.3 is 0 Å². The van der Waals surface area contributed by atoms with Crippen molar-refractivity contribution in [2.75, 3.05) is 12.8 Å². The molecule has 0 aromatic carbocycles. The number of nitrogens with zero attached hydrogens (tertiary/aromatic N) is 2. The maximum atomic E-state index is 7.88. The number of nitrogens with one attached hydrogen (secondary N) is 2. The molecule has 0 aliphatic heterocycles. The number of hydrogen-bond acceptors (Lipinski definition) is 2. The van der Waals surface area contributed by atoms with Crippen molar-refractivity contribution in [3.8, 4) is 0 Å². The molecule has 0 saturated carbocycles. The highest BCUT2D eigenvalue weighted by atomic mass is 31.2. The van der Waals surface area contributed by atoms with E-state index < -0.39 is 7.36 Å². The van der Waals surface area contributed by atoms with Crippen LogP contribution >= 0.6 is 7.36 Å². The van der Waals surface area contributed by atoms with Gasteiger partial charge in [-0.1, -0.05) is 27.7 Å². The molecule has 0 spiro atoms. The van der Waals surface area contributed by atoms with Gasteiger partial charge in [0.2, 0.25) is 0 Å². The summed E-state index contributed by atoms with van der Waals surface area (Å²) in [5.41, 5.74) is 5.65. The van der Waals surface area contributed by atoms with Crippen molar-refractivity contribution in [3.05, 3.63) is 0 Å². The smallest absolute Gasteiger partial charge is 0.134 e. The van der Waals surface area contributed by atoms with Crippen molar-refractivity contribution in [2.24, 2.45) is 20.9 Å². The Balaban J connectivity index is 4.31. The average molecular weight is 231 g/mol. The molecule has 5 nitrogen and oxygen atoms in total. The lowest BCUT2D eigenvalue weighted by atomic mass is 9.95. The van der Waals surface area contributed by atoms with E-state index in [1.165, 1.54) is 0 Å². The molecule has 1 unspecified atom stereocenters. The van der Waals surface area contributed by atoms with Gasteiger partial charge in [0, 0.05) is 11.6 Å². The lowest BCUT2D eigenvalue weighted by Gasteiger charge is -2.19. The Hall–Kier alpha value is -0.670. The topological polar surface area (TPSA) is 86.6 Å². The summed E-state index contributed by atoms with van der Waals surface area (Å²) in [6, 6.07) is 0. The van der Waals surface area contributed by atoms with Crippen molar-refractivity contribution >= 4 is 19.9 Å². The van der Waals surface area contributed by atoms with Crippen LogP contribution in [-0.4, -0.2) is 25.4 Å². The van der Waals surface area contributed by atoms with Crippen molar-refractivity contribution in [2.45, 2.75) is 27.7 Å². The molecule has 0 saturated heterocycles. The molecule has 15 heavy (non-hydrogen) atoms. The molecule has 0 rings (SSSR count). The van der Waals surface area contributed by atoms with Gasteiger partial charge in [-0.25, -0.2) is 9.85 Å². The molecule has 6 heteroatoms. The molecule has 0 aromatic heterocycles. The fourth-order valence-corrected chi connectivity index (χ4v) is 1.56. The van der Waals surface area contributed by atoms with E-state index in [2.05, 4.69) is 21.6 Å². The average Bonchev–Trinajstić information content (AvgIpc) is 2.16. The molecular formula is C9H22N5P. The van der Waals surface area contributed by atoms with Gasteiger partial charge in [-0.15, -0.1) is 0 Å². The largest absolute Gasteiger partial charge is 0.387 e. The summed E-state index contributed by atoms with van der Waals surface area (Å²) >= 11 is 0. The Kier molecular flexibility index (Phi) is 5.18. The van der Waals surface area contributed by atoms with Gasteiger partial charge in [-0.3, -0.25) is 10.2 Å². The first-order valence-corrected chi connectivity index (χ1v) is 6.85. The molecule has 0 bridgehead atoms. The van der Waals surface area contributed by atoms with Crippen LogP contribution in [0.1, 0.15) is 27.7 Å². The van der Waals surface area contributed by atoms with Crippen LogP contribution in [-0.2, 0) is 0 Å². The Morgan fingerprint density at radius 3 is 2.40 bits per heavy atom. The molecule has 0 amide bonds. The molecule has 4 N–H and O–H groups in total. The van der Waals surface area contributed by atoms with Crippen LogP contribution in [0.4, 0.5) is 0 Å². The zero-order chi connectivity index (χ0) is 12.1. The Labute approximate surface area is 92.2 Å². The first kappa shape index (κ1) is 14.3. The zero-order valence-electron chi connectivity index (χ0n) is 10.0. The SMILES string of the molecule is C=NP(=N)(CC)NCN=C(N)C(C)(C)C. The highest BCUT2D eigenvalue weighted by Crippen LogP contribution is 2.41. The van der Waals surface area contributed by atoms with Gasteiger partial charge in [0.15, 0.2) is 0 Å². The fourth-order valence-electron chi connectivity index (χ4n) is 0.736. The first-order chi connectivity index (χ1) is 6.75. The summed E-state index contributed by atoms with van der Waals surface area (Å²) in [6.07, 6.45) is 0.654. The third kappa shape index (κ3) is 5.09. The predicted octanol–water partition coefficient (Wildman–Crippen LogP) is 2.27. The van der Waals surface area contributed by atoms with E-state index in [4.69, 9.17) is 10.9 Å². The molecule has 0 heterocycles. The maximum Gasteiger partial charge on any atom is 0.134 e. The standard InChI is InChI=1S/C9H22N5P/c1-6-15(11,12-5)14-7-13-8(10)9(2,3)4/h5-7H2,1-4H3,(H2,10,13)(H2,11,14). The van der Waals surface area contributed by atoms with Gasteiger partial charge in [-0.05, 0) is 6.72 Å². The summed E-state index contributed by atoms with van der Waals surface area (Å²) in [5, 5.41) is 10.9. The van der Waals surface area contributed by atoms with Crippen molar-refractivity contribution in [3.63, 3.8) is 0 Å². The lowest BCUT2D eigenvalue weighted by molar-refractivity contribution is 0.581. The molecule has 0 radical (unpaired) electrons. The molecule has 1 atom stereocenters. The number of aliphatic imine (C=N–C) groups is 1. The second-order valence-electron chi connectivity index (χ2n) is 4.34. The van der Waals surface area contributed by atoms with E-state index in [0.29, 0.717) is 18.7 Å². The third-order valence-corrected chi connectivity index (χ3v) is 4.11. The minimum Gasteiger partial charge on any atom is -0.387 e. The van der Waals surface area contributed by atoms with Crippen LogP contribution in [0.2, 0.25) is 0 Å². The first-order valence-electron chi connectivity index (χ1n) is 4.92. The summed E-state index contributed by atoms with van der Waals surface area (Å²) in [4.78, 5) is 4.18. The lowest BCUT2D eigenvalue weighted by Crippen LogP contribution is -2.30. The van der Waals surface area contributed by atoms with Gasteiger partial charge in [-0.2, -0.15) is 0 Å². The third-order valence-electron chi connectivity index (χ3n) is 2.05. The van der Waals surface area contributed by atoms with Gasteiger partial charge in [0.05, 0.1) is 6.67 Å². The number of amidine groups is 1. The van der Waals surface area contributed by atoms with Crippen molar-refractivity contribution in [1.29, 1.82) is 5.16 Å². The minimum atomic E-state index is -2.19. The number of hydrogen-bond donors (Lipinski definition) is 3. The van der Waals surface area contributed by atoms with E-state index in [1.807, 2.05) is 27.7 Å². The maximum absolute atomic E-state index is 7.88. The number of rotatable bonds is 5. The summed E-state index contributed by atoms with van der Waals surface area (Å²) in [7, 11) is -2.19. The summed E-state index contributed by atoms with van der Waals surface area (Å²) in [5.74, 6) is 0.585. The normalized spacial score (nSPS) is 17.2. The van der Waals surface area contributed by atoms with Crippen LogP contribution in [0, 0.1) is 10.6 Å². The van der Waals surface area contributed by atoms with Crippen molar-refractivity contribution < 1.29 is 0 Å². The molecule has 0 aliphatic carbocycles. The highest BCUT2D eigenvalue weighted by Gasteiger charge is 2.15. The highest BCUT2D eigenvalue weighted by molar-refractivity contribution is 7.61. The van der Waals surface area contributed by atoms with Crippen LogP contribution in [0.15, 0.2) is 9.76 Å². The molecular weight excluding hydrogens is 209 g/mol. The minimum absolute atomic E-state index is 0.126. The van der Waals surface area contributed by atoms with E-state index in [0.717, 1.165) is 0 Å². The van der Waals surface area contributed by atoms with Gasteiger partial charge in [0.25, 0.3) is 0 Å². The van der Waals surface area contributed by atoms with Gasteiger partial charge < -0.3 is 5.73 Å². The molecule has 0 aliphatic rings. The predicted molar refractivity (Wildman–Crippen MR) is 68.8 cm³/mol. The Morgan fingerprint density at radius 1 is 1.53 bits per heavy atom. The second kappa shape index (κ2) is 5.42. The summed E-state index contributed by atoms with van der Waals surface area (Å²) in [6.45, 7) is 11.7. The zero-order valence-corrected chi connectivity index (χ0v) is 10.9.